The van der Waals surface area contributed by atoms with E-state index in [-0.39, 0.29) is 18.3 Å². The zero-order chi connectivity index (χ0) is 12.8. The van der Waals surface area contributed by atoms with E-state index in [4.69, 9.17) is 10.5 Å². The summed E-state index contributed by atoms with van der Waals surface area (Å²) in [6.07, 6.45) is 9.46. The first-order chi connectivity index (χ1) is 8.74. The number of hydrogen-bond donors (Lipinski definition) is 2. The number of carbonyl (C=O) groups excluding carboxylic acids is 1. The SMILES string of the molecule is Cl.NC1CCC(NC(=O)CCC2CCCCO2)CC1. The molecule has 1 heterocycles. The predicted octanol–water partition coefficient (Wildman–Crippen LogP) is 2.14. The summed E-state index contributed by atoms with van der Waals surface area (Å²) in [6.45, 7) is 0.868. The maximum Gasteiger partial charge on any atom is 0.220 e. The van der Waals surface area contributed by atoms with Gasteiger partial charge in [0, 0.05) is 25.1 Å². The number of nitrogens with one attached hydrogen (secondary N) is 1. The van der Waals surface area contributed by atoms with Gasteiger partial charge in [-0.15, -0.1) is 12.4 Å². The molecule has 112 valence electrons. The topological polar surface area (TPSA) is 64.3 Å². The van der Waals surface area contributed by atoms with Crippen molar-refractivity contribution in [1.29, 1.82) is 0 Å². The molecular weight excluding hydrogens is 264 g/mol. The van der Waals surface area contributed by atoms with Crippen molar-refractivity contribution in [3.8, 4) is 0 Å². The summed E-state index contributed by atoms with van der Waals surface area (Å²) in [5.41, 5.74) is 5.85. The van der Waals surface area contributed by atoms with E-state index in [1.807, 2.05) is 0 Å². The minimum absolute atomic E-state index is 0. The Morgan fingerprint density at radius 2 is 1.89 bits per heavy atom. The van der Waals surface area contributed by atoms with Crippen LogP contribution in [0.2, 0.25) is 0 Å². The van der Waals surface area contributed by atoms with Crippen molar-refractivity contribution in [2.24, 2.45) is 5.73 Å². The highest BCUT2D eigenvalue weighted by molar-refractivity contribution is 5.85. The van der Waals surface area contributed by atoms with E-state index in [0.29, 0.717) is 24.6 Å². The van der Waals surface area contributed by atoms with Crippen molar-refractivity contribution < 1.29 is 9.53 Å². The highest BCUT2D eigenvalue weighted by atomic mass is 35.5. The van der Waals surface area contributed by atoms with E-state index in [1.165, 1.54) is 12.8 Å². The van der Waals surface area contributed by atoms with E-state index in [9.17, 15) is 4.79 Å². The van der Waals surface area contributed by atoms with Gasteiger partial charge < -0.3 is 15.8 Å². The van der Waals surface area contributed by atoms with Crippen molar-refractivity contribution >= 4 is 18.3 Å². The maximum atomic E-state index is 11.8. The number of carbonyl (C=O) groups is 1. The summed E-state index contributed by atoms with van der Waals surface area (Å²) in [7, 11) is 0. The van der Waals surface area contributed by atoms with Gasteiger partial charge in [0.25, 0.3) is 0 Å². The molecule has 5 heteroatoms. The Bertz CT molecular complexity index is 262. The quantitative estimate of drug-likeness (QED) is 0.834. The molecule has 1 aliphatic heterocycles. The van der Waals surface area contributed by atoms with Crippen LogP contribution in [0.5, 0.6) is 0 Å². The largest absolute Gasteiger partial charge is 0.378 e. The number of ether oxygens (including phenoxy) is 1. The van der Waals surface area contributed by atoms with Gasteiger partial charge in [-0.25, -0.2) is 0 Å². The molecule has 19 heavy (non-hydrogen) atoms. The molecule has 1 saturated heterocycles. The van der Waals surface area contributed by atoms with Crippen LogP contribution in [0.1, 0.15) is 57.8 Å². The van der Waals surface area contributed by atoms with Crippen LogP contribution in [-0.2, 0) is 9.53 Å². The average molecular weight is 291 g/mol. The van der Waals surface area contributed by atoms with Crippen molar-refractivity contribution in [3.05, 3.63) is 0 Å². The summed E-state index contributed by atoms with van der Waals surface area (Å²) >= 11 is 0. The number of halogens is 1. The first-order valence-electron chi connectivity index (χ1n) is 7.40. The lowest BCUT2D eigenvalue weighted by Gasteiger charge is -2.27. The Morgan fingerprint density at radius 1 is 1.16 bits per heavy atom. The molecule has 1 aliphatic carbocycles. The van der Waals surface area contributed by atoms with E-state index >= 15 is 0 Å². The molecule has 0 aromatic carbocycles. The van der Waals surface area contributed by atoms with Gasteiger partial charge in [0.1, 0.15) is 0 Å². The third-order valence-corrected chi connectivity index (χ3v) is 4.10. The lowest BCUT2D eigenvalue weighted by molar-refractivity contribution is -0.123. The van der Waals surface area contributed by atoms with Crippen LogP contribution in [0.3, 0.4) is 0 Å². The predicted molar refractivity (Wildman–Crippen MR) is 78.4 cm³/mol. The maximum absolute atomic E-state index is 11.8. The van der Waals surface area contributed by atoms with E-state index in [1.54, 1.807) is 0 Å². The molecule has 1 atom stereocenters. The molecule has 2 rings (SSSR count). The summed E-state index contributed by atoms with van der Waals surface area (Å²) in [4.78, 5) is 11.8. The summed E-state index contributed by atoms with van der Waals surface area (Å²) in [5, 5.41) is 3.13. The third-order valence-electron chi connectivity index (χ3n) is 4.10. The molecule has 0 spiro atoms. The van der Waals surface area contributed by atoms with Crippen LogP contribution < -0.4 is 11.1 Å². The van der Waals surface area contributed by atoms with Gasteiger partial charge in [-0.2, -0.15) is 0 Å². The first kappa shape index (κ1) is 16.7. The van der Waals surface area contributed by atoms with Gasteiger partial charge in [-0.1, -0.05) is 0 Å². The number of amides is 1. The van der Waals surface area contributed by atoms with Crippen molar-refractivity contribution in [2.75, 3.05) is 6.61 Å². The van der Waals surface area contributed by atoms with E-state index < -0.39 is 0 Å². The Kier molecular flexibility index (Phi) is 7.73. The lowest BCUT2D eigenvalue weighted by atomic mass is 9.91. The molecule has 1 saturated carbocycles. The summed E-state index contributed by atoms with van der Waals surface area (Å²) in [5.74, 6) is 0.185. The van der Waals surface area contributed by atoms with Crippen molar-refractivity contribution in [1.82, 2.24) is 5.32 Å². The fourth-order valence-electron chi connectivity index (χ4n) is 2.89. The second-order valence-electron chi connectivity index (χ2n) is 5.71. The van der Waals surface area contributed by atoms with Gasteiger partial charge in [0.15, 0.2) is 0 Å². The molecule has 0 radical (unpaired) electrons. The van der Waals surface area contributed by atoms with Gasteiger partial charge in [0.05, 0.1) is 6.10 Å². The fraction of sp³-hybridized carbons (Fsp3) is 0.929. The average Bonchev–Trinajstić information content (AvgIpc) is 2.40. The molecule has 0 aromatic heterocycles. The van der Waals surface area contributed by atoms with Crippen LogP contribution in [0.25, 0.3) is 0 Å². The zero-order valence-electron chi connectivity index (χ0n) is 11.6. The highest BCUT2D eigenvalue weighted by Crippen LogP contribution is 2.19. The van der Waals surface area contributed by atoms with Gasteiger partial charge in [0.2, 0.25) is 5.91 Å². The Labute approximate surface area is 122 Å². The smallest absolute Gasteiger partial charge is 0.220 e. The van der Waals surface area contributed by atoms with Crippen LogP contribution in [0, 0.1) is 0 Å². The molecule has 0 aromatic rings. The minimum Gasteiger partial charge on any atom is -0.378 e. The molecular formula is C14H27ClN2O2. The number of nitrogens with two attached hydrogens (primary N) is 1. The van der Waals surface area contributed by atoms with Crippen LogP contribution in [0.15, 0.2) is 0 Å². The Balaban J connectivity index is 0.00000180. The van der Waals surface area contributed by atoms with Crippen LogP contribution >= 0.6 is 12.4 Å². The van der Waals surface area contributed by atoms with E-state index in [0.717, 1.165) is 45.1 Å². The normalized spacial score (nSPS) is 31.3. The minimum atomic E-state index is 0. The fourth-order valence-corrected chi connectivity index (χ4v) is 2.89. The Hall–Kier alpha value is -0.320. The highest BCUT2D eigenvalue weighted by Gasteiger charge is 2.21. The number of hydrogen-bond acceptors (Lipinski definition) is 3. The summed E-state index contributed by atoms with van der Waals surface area (Å²) < 4.78 is 5.64. The van der Waals surface area contributed by atoms with E-state index in [2.05, 4.69) is 5.32 Å². The van der Waals surface area contributed by atoms with Gasteiger partial charge >= 0.3 is 0 Å². The van der Waals surface area contributed by atoms with Crippen molar-refractivity contribution in [3.63, 3.8) is 0 Å². The molecule has 1 amide bonds. The Morgan fingerprint density at radius 3 is 2.53 bits per heavy atom. The van der Waals surface area contributed by atoms with Gasteiger partial charge in [-0.3, -0.25) is 4.79 Å². The zero-order valence-corrected chi connectivity index (χ0v) is 12.4. The second-order valence-corrected chi connectivity index (χ2v) is 5.71. The first-order valence-corrected chi connectivity index (χ1v) is 7.40. The lowest BCUT2D eigenvalue weighted by Crippen LogP contribution is -2.40. The summed E-state index contributed by atoms with van der Waals surface area (Å²) in [6, 6.07) is 0.693. The third kappa shape index (κ3) is 6.11. The number of rotatable bonds is 4. The molecule has 1 unspecified atom stereocenters. The molecule has 0 bridgehead atoms. The van der Waals surface area contributed by atoms with Crippen molar-refractivity contribution in [2.45, 2.75) is 76.0 Å². The molecule has 2 aliphatic rings. The molecule has 3 N–H and O–H groups in total. The second kappa shape index (κ2) is 8.77. The molecule has 4 nitrogen and oxygen atoms in total. The molecule has 2 fully saturated rings. The van der Waals surface area contributed by atoms with Gasteiger partial charge in [-0.05, 0) is 51.4 Å². The van der Waals surface area contributed by atoms with Crippen LogP contribution in [0.4, 0.5) is 0 Å². The standard InChI is InChI=1S/C14H26N2O2.ClH/c15-11-4-6-12(7-5-11)16-14(17)9-8-13-3-1-2-10-18-13;/h11-13H,1-10,15H2,(H,16,17);1H. The van der Waals surface area contributed by atoms with Crippen LogP contribution in [-0.4, -0.2) is 30.7 Å². The monoisotopic (exact) mass is 290 g/mol.